The second kappa shape index (κ2) is 5.70. The highest BCUT2D eigenvalue weighted by Gasteiger charge is 2.33. The van der Waals surface area contributed by atoms with Gasteiger partial charge in [0.2, 0.25) is 5.91 Å². The van der Waals surface area contributed by atoms with Crippen LogP contribution in [0.3, 0.4) is 0 Å². The molecule has 0 fully saturated rings. The van der Waals surface area contributed by atoms with Crippen molar-refractivity contribution in [1.29, 1.82) is 0 Å². The third kappa shape index (κ3) is 2.45. The van der Waals surface area contributed by atoms with Crippen molar-refractivity contribution in [3.63, 3.8) is 0 Å². The topological polar surface area (TPSA) is 32.3 Å². The summed E-state index contributed by atoms with van der Waals surface area (Å²) in [5, 5.41) is 3.16. The van der Waals surface area contributed by atoms with Gasteiger partial charge in [0.05, 0.1) is 12.1 Å². The number of anilines is 1. The average molecular weight is 280 g/mol. The highest BCUT2D eigenvalue weighted by Crippen LogP contribution is 2.33. The van der Waals surface area contributed by atoms with E-state index in [4.69, 9.17) is 0 Å². The van der Waals surface area contributed by atoms with Crippen LogP contribution in [0.2, 0.25) is 0 Å². The number of benzene rings is 2. The molecule has 2 atom stereocenters. The quantitative estimate of drug-likeness (QED) is 0.917. The molecule has 2 aromatic carbocycles. The lowest BCUT2D eigenvalue weighted by Gasteiger charge is -2.30. The van der Waals surface area contributed by atoms with Crippen molar-refractivity contribution in [1.82, 2.24) is 5.32 Å². The van der Waals surface area contributed by atoms with Crippen LogP contribution in [-0.2, 0) is 11.2 Å². The average Bonchev–Trinajstić information content (AvgIpc) is 2.63. The third-order valence-electron chi connectivity index (χ3n) is 4.23. The fourth-order valence-electron chi connectivity index (χ4n) is 3.10. The van der Waals surface area contributed by atoms with Crippen molar-refractivity contribution in [2.24, 2.45) is 0 Å². The monoisotopic (exact) mass is 280 g/mol. The summed E-state index contributed by atoms with van der Waals surface area (Å²) in [6, 6.07) is 18.1. The van der Waals surface area contributed by atoms with Gasteiger partial charge in [0.25, 0.3) is 0 Å². The minimum Gasteiger partial charge on any atom is -0.309 e. The first-order chi connectivity index (χ1) is 10.2. The molecule has 0 radical (unpaired) electrons. The number of hydrogen-bond donors (Lipinski definition) is 1. The van der Waals surface area contributed by atoms with Gasteiger partial charge in [-0.1, -0.05) is 42.5 Å². The van der Waals surface area contributed by atoms with Gasteiger partial charge in [-0.15, -0.1) is 0 Å². The zero-order valence-electron chi connectivity index (χ0n) is 12.4. The minimum absolute atomic E-state index is 0.0365. The maximum Gasteiger partial charge on any atom is 0.245 e. The Morgan fingerprint density at radius 3 is 2.43 bits per heavy atom. The summed E-state index contributed by atoms with van der Waals surface area (Å²) < 4.78 is 0. The molecule has 21 heavy (non-hydrogen) atoms. The Labute approximate surface area is 125 Å². The Kier molecular flexibility index (Phi) is 3.76. The Bertz CT molecular complexity index is 639. The smallest absolute Gasteiger partial charge is 0.245 e. The molecular formula is C18H20N2O. The maximum absolute atomic E-state index is 12.9. The van der Waals surface area contributed by atoms with E-state index in [1.54, 1.807) is 0 Å². The lowest BCUT2D eigenvalue weighted by atomic mass is 9.98. The summed E-state index contributed by atoms with van der Waals surface area (Å²) in [5.41, 5.74) is 3.43. The number of carbonyl (C=O) groups excluding carboxylic acids is 1. The highest BCUT2D eigenvalue weighted by molar-refractivity contribution is 5.98. The van der Waals surface area contributed by atoms with Crippen LogP contribution >= 0.6 is 0 Å². The van der Waals surface area contributed by atoms with Gasteiger partial charge in [-0.3, -0.25) is 4.79 Å². The number of hydrogen-bond acceptors (Lipinski definition) is 2. The predicted octanol–water partition coefficient (Wildman–Crippen LogP) is 2.92. The second-order valence-electron chi connectivity index (χ2n) is 5.46. The molecule has 0 saturated heterocycles. The summed E-state index contributed by atoms with van der Waals surface area (Å²) in [5.74, 6) is 0.132. The van der Waals surface area contributed by atoms with Crippen LogP contribution in [0.15, 0.2) is 54.6 Å². The second-order valence-corrected chi connectivity index (χ2v) is 5.46. The molecule has 2 aromatic rings. The van der Waals surface area contributed by atoms with Gasteiger partial charge in [-0.2, -0.15) is 0 Å². The van der Waals surface area contributed by atoms with Crippen molar-refractivity contribution >= 4 is 11.6 Å². The summed E-state index contributed by atoms with van der Waals surface area (Å²) >= 11 is 0. The molecule has 0 spiro atoms. The Hall–Kier alpha value is -2.13. The molecular weight excluding hydrogens is 260 g/mol. The number of fused-ring (bicyclic) bond motifs is 1. The molecule has 1 heterocycles. The van der Waals surface area contributed by atoms with Crippen LogP contribution in [-0.4, -0.2) is 19.0 Å². The van der Waals surface area contributed by atoms with E-state index in [9.17, 15) is 4.79 Å². The van der Waals surface area contributed by atoms with Crippen LogP contribution in [0.5, 0.6) is 0 Å². The SMILES string of the molecule is CNC1Cc2ccccc2C(C)N(c2ccccc2)C1=O. The number of nitrogens with zero attached hydrogens (tertiary/aromatic N) is 1. The van der Waals surface area contributed by atoms with Crippen molar-refractivity contribution in [3.05, 3.63) is 65.7 Å². The van der Waals surface area contributed by atoms with Crippen LogP contribution in [0, 0.1) is 0 Å². The van der Waals surface area contributed by atoms with E-state index in [-0.39, 0.29) is 18.0 Å². The number of likely N-dealkylation sites (N-methyl/N-ethyl adjacent to an activating group) is 1. The van der Waals surface area contributed by atoms with E-state index in [2.05, 4.69) is 24.4 Å². The van der Waals surface area contributed by atoms with E-state index < -0.39 is 0 Å². The fourth-order valence-corrected chi connectivity index (χ4v) is 3.10. The van der Waals surface area contributed by atoms with Crippen LogP contribution in [0.1, 0.15) is 24.1 Å². The molecule has 1 aliphatic heterocycles. The summed E-state index contributed by atoms with van der Waals surface area (Å²) in [6.45, 7) is 2.10. The lowest BCUT2D eigenvalue weighted by Crippen LogP contribution is -2.45. The number of amides is 1. The van der Waals surface area contributed by atoms with Gasteiger partial charge < -0.3 is 10.2 Å². The van der Waals surface area contributed by atoms with Gasteiger partial charge in [0.15, 0.2) is 0 Å². The summed E-state index contributed by atoms with van der Waals surface area (Å²) in [7, 11) is 1.85. The molecule has 3 heteroatoms. The van der Waals surface area contributed by atoms with Gasteiger partial charge in [-0.25, -0.2) is 0 Å². The zero-order valence-corrected chi connectivity index (χ0v) is 12.4. The normalized spacial score (nSPS) is 21.8. The van der Waals surface area contributed by atoms with Gasteiger partial charge in [-0.05, 0) is 43.7 Å². The molecule has 0 saturated carbocycles. The molecule has 0 aliphatic carbocycles. The molecule has 1 amide bonds. The predicted molar refractivity (Wildman–Crippen MR) is 85.3 cm³/mol. The van der Waals surface area contributed by atoms with Gasteiger partial charge in [0.1, 0.15) is 0 Å². The summed E-state index contributed by atoms with van der Waals surface area (Å²) in [6.07, 6.45) is 0.735. The molecule has 0 aromatic heterocycles. The lowest BCUT2D eigenvalue weighted by molar-refractivity contribution is -0.120. The van der Waals surface area contributed by atoms with Crippen molar-refractivity contribution in [2.45, 2.75) is 25.4 Å². The number of para-hydroxylation sites is 1. The molecule has 3 nitrogen and oxygen atoms in total. The van der Waals surface area contributed by atoms with E-state index in [0.29, 0.717) is 0 Å². The Morgan fingerprint density at radius 1 is 1.05 bits per heavy atom. The first-order valence-electron chi connectivity index (χ1n) is 7.35. The third-order valence-corrected chi connectivity index (χ3v) is 4.23. The molecule has 1 aliphatic rings. The maximum atomic E-state index is 12.9. The van der Waals surface area contributed by atoms with Crippen LogP contribution < -0.4 is 10.2 Å². The molecule has 1 N–H and O–H groups in total. The highest BCUT2D eigenvalue weighted by atomic mass is 16.2. The largest absolute Gasteiger partial charge is 0.309 e. The van der Waals surface area contributed by atoms with Gasteiger partial charge >= 0.3 is 0 Å². The fraction of sp³-hybridized carbons (Fsp3) is 0.278. The van der Waals surface area contributed by atoms with Crippen molar-refractivity contribution in [3.8, 4) is 0 Å². The van der Waals surface area contributed by atoms with E-state index in [0.717, 1.165) is 12.1 Å². The van der Waals surface area contributed by atoms with Crippen molar-refractivity contribution in [2.75, 3.05) is 11.9 Å². The number of carbonyl (C=O) groups is 1. The molecule has 3 rings (SSSR count). The first-order valence-corrected chi connectivity index (χ1v) is 7.35. The van der Waals surface area contributed by atoms with E-state index >= 15 is 0 Å². The standard InChI is InChI=1S/C18H20N2O/c1-13-16-11-7-6-8-14(16)12-17(19-2)18(21)20(13)15-9-4-3-5-10-15/h3-11,13,17,19H,12H2,1-2H3. The Morgan fingerprint density at radius 2 is 1.71 bits per heavy atom. The van der Waals surface area contributed by atoms with Crippen LogP contribution in [0.25, 0.3) is 0 Å². The summed E-state index contributed by atoms with van der Waals surface area (Å²) in [4.78, 5) is 14.8. The number of rotatable bonds is 2. The van der Waals surface area contributed by atoms with Gasteiger partial charge in [0, 0.05) is 5.69 Å². The van der Waals surface area contributed by atoms with E-state index in [1.165, 1.54) is 11.1 Å². The van der Waals surface area contributed by atoms with E-state index in [1.807, 2.05) is 54.4 Å². The Balaban J connectivity index is 2.12. The first kappa shape index (κ1) is 13.8. The van der Waals surface area contributed by atoms with Crippen molar-refractivity contribution < 1.29 is 4.79 Å². The molecule has 2 unspecified atom stereocenters. The minimum atomic E-state index is -0.184. The number of nitrogens with one attached hydrogen (secondary N) is 1. The van der Waals surface area contributed by atoms with Crippen LogP contribution in [0.4, 0.5) is 5.69 Å². The molecule has 0 bridgehead atoms. The zero-order chi connectivity index (χ0) is 14.8. The molecule has 108 valence electrons.